The summed E-state index contributed by atoms with van der Waals surface area (Å²) in [6.07, 6.45) is 1.37. The predicted octanol–water partition coefficient (Wildman–Crippen LogP) is 3.43. The van der Waals surface area contributed by atoms with Gasteiger partial charge in [-0.1, -0.05) is 23.7 Å². The van der Waals surface area contributed by atoms with Gasteiger partial charge in [-0.25, -0.2) is 14.3 Å². The van der Waals surface area contributed by atoms with E-state index in [-0.39, 0.29) is 33.9 Å². The highest BCUT2D eigenvalue weighted by Crippen LogP contribution is 2.39. The van der Waals surface area contributed by atoms with Crippen molar-refractivity contribution in [2.45, 2.75) is 0 Å². The molecule has 0 saturated carbocycles. The topological polar surface area (TPSA) is 124 Å². The number of nitro groups is 1. The van der Waals surface area contributed by atoms with Gasteiger partial charge in [-0.3, -0.25) is 14.7 Å². The predicted molar refractivity (Wildman–Crippen MR) is 144 cm³/mol. The van der Waals surface area contributed by atoms with Crippen LogP contribution in [0.2, 0.25) is 5.02 Å². The van der Waals surface area contributed by atoms with Crippen LogP contribution in [0.4, 0.5) is 23.0 Å². The number of rotatable bonds is 9. The molecule has 12 nitrogen and oxygen atoms in total. The van der Waals surface area contributed by atoms with Gasteiger partial charge in [0.15, 0.2) is 5.82 Å². The molecule has 0 aliphatic rings. The maximum absolute atomic E-state index is 13.0. The number of hydrogen-bond donors (Lipinski definition) is 1. The molecule has 2 aromatic heterocycles. The smallest absolute Gasteiger partial charge is 0.334 e. The molecule has 13 heteroatoms. The van der Waals surface area contributed by atoms with Crippen LogP contribution >= 0.6 is 11.6 Å². The summed E-state index contributed by atoms with van der Waals surface area (Å²) in [6, 6.07) is 10.2. The molecule has 0 atom stereocenters. The van der Waals surface area contributed by atoms with Crippen molar-refractivity contribution in [2.24, 2.45) is 7.05 Å². The molecule has 194 valence electrons. The van der Waals surface area contributed by atoms with Crippen molar-refractivity contribution in [3.8, 4) is 11.6 Å². The Morgan fingerprint density at radius 3 is 2.51 bits per heavy atom. The van der Waals surface area contributed by atoms with E-state index in [2.05, 4.69) is 15.3 Å². The number of nitro benzene ring substituents is 1. The van der Waals surface area contributed by atoms with E-state index in [1.165, 1.54) is 28.5 Å². The van der Waals surface area contributed by atoms with E-state index in [0.29, 0.717) is 35.6 Å². The standard InChI is InChI=1S/C24H27ClN8O4/c1-29(2)10-11-30(3)19-13-21(37-5)16(12-20(19)33(35)36)27-23-26-14-15(25)22(28-23)32-18-9-7-6-8-17(18)31(4)24(32)34/h6-9,12-14H,10-11H2,1-5H3,(H,26,27,28). The Balaban J connectivity index is 1.77. The fourth-order valence-corrected chi connectivity index (χ4v) is 4.12. The Hall–Kier alpha value is -4.16. The number of anilines is 3. The van der Waals surface area contributed by atoms with E-state index in [1.54, 1.807) is 31.1 Å². The van der Waals surface area contributed by atoms with Crippen LogP contribution in [0.3, 0.4) is 0 Å². The van der Waals surface area contributed by atoms with Crippen LogP contribution in [0.15, 0.2) is 47.4 Å². The van der Waals surface area contributed by atoms with Crippen molar-refractivity contribution in [1.82, 2.24) is 24.0 Å². The van der Waals surface area contributed by atoms with Crippen LogP contribution in [0.5, 0.6) is 5.75 Å². The van der Waals surface area contributed by atoms with Gasteiger partial charge < -0.3 is 19.9 Å². The average Bonchev–Trinajstić information content (AvgIpc) is 3.13. The van der Waals surface area contributed by atoms with Gasteiger partial charge in [-0.2, -0.15) is 4.98 Å². The van der Waals surface area contributed by atoms with Gasteiger partial charge in [0.25, 0.3) is 5.69 Å². The third-order valence-corrected chi connectivity index (χ3v) is 6.20. The third kappa shape index (κ3) is 5.06. The van der Waals surface area contributed by atoms with Gasteiger partial charge in [0.2, 0.25) is 5.95 Å². The first-order chi connectivity index (χ1) is 17.6. The number of benzene rings is 2. The lowest BCUT2D eigenvalue weighted by Gasteiger charge is -2.22. The molecule has 0 radical (unpaired) electrons. The molecule has 37 heavy (non-hydrogen) atoms. The largest absolute Gasteiger partial charge is 0.494 e. The zero-order valence-electron chi connectivity index (χ0n) is 21.1. The van der Waals surface area contributed by atoms with Crippen molar-refractivity contribution >= 4 is 45.6 Å². The fourth-order valence-electron chi connectivity index (χ4n) is 3.94. The molecule has 1 N–H and O–H groups in total. The maximum Gasteiger partial charge on any atom is 0.334 e. The second kappa shape index (κ2) is 10.4. The summed E-state index contributed by atoms with van der Waals surface area (Å²) < 4.78 is 8.42. The van der Waals surface area contributed by atoms with Crippen molar-refractivity contribution in [2.75, 3.05) is 51.6 Å². The van der Waals surface area contributed by atoms with Crippen molar-refractivity contribution < 1.29 is 9.66 Å². The van der Waals surface area contributed by atoms with Crippen LogP contribution in [-0.4, -0.2) is 70.3 Å². The van der Waals surface area contributed by atoms with E-state index in [1.807, 2.05) is 37.2 Å². The number of hydrogen-bond acceptors (Lipinski definition) is 9. The lowest BCUT2D eigenvalue weighted by Crippen LogP contribution is -2.29. The lowest BCUT2D eigenvalue weighted by molar-refractivity contribution is -0.384. The first-order valence-corrected chi connectivity index (χ1v) is 11.7. The number of halogens is 1. The summed E-state index contributed by atoms with van der Waals surface area (Å²) in [5.74, 6) is 0.620. The summed E-state index contributed by atoms with van der Waals surface area (Å²) in [5, 5.41) is 15.1. The molecular formula is C24H27ClN8O4. The number of likely N-dealkylation sites (N-methyl/N-ethyl adjacent to an activating group) is 2. The first-order valence-electron chi connectivity index (χ1n) is 11.3. The second-order valence-electron chi connectivity index (χ2n) is 8.68. The molecular weight excluding hydrogens is 500 g/mol. The fraction of sp³-hybridized carbons (Fsp3) is 0.292. The molecule has 0 bridgehead atoms. The van der Waals surface area contributed by atoms with E-state index in [4.69, 9.17) is 16.3 Å². The first kappa shape index (κ1) is 25.9. The number of nitrogens with one attached hydrogen (secondary N) is 1. The number of imidazole rings is 1. The molecule has 0 unspecified atom stereocenters. The van der Waals surface area contributed by atoms with Gasteiger partial charge in [-0.15, -0.1) is 0 Å². The zero-order chi connectivity index (χ0) is 26.9. The molecule has 0 saturated heterocycles. The van der Waals surface area contributed by atoms with Crippen molar-refractivity contribution in [3.63, 3.8) is 0 Å². The SMILES string of the molecule is COc1cc(N(C)CCN(C)C)c([N+](=O)[O-])cc1Nc1ncc(Cl)c(-n2c(=O)n(C)c3ccccc32)n1. The summed E-state index contributed by atoms with van der Waals surface area (Å²) in [6.45, 7) is 1.29. The average molecular weight is 527 g/mol. The summed E-state index contributed by atoms with van der Waals surface area (Å²) in [4.78, 5) is 37.0. The molecule has 4 aromatic rings. The minimum atomic E-state index is -0.448. The number of nitrogens with zero attached hydrogens (tertiary/aromatic N) is 7. The normalized spacial score (nSPS) is 11.2. The van der Waals surface area contributed by atoms with E-state index in [9.17, 15) is 14.9 Å². The van der Waals surface area contributed by atoms with Gasteiger partial charge in [0.05, 0.1) is 35.0 Å². The van der Waals surface area contributed by atoms with Gasteiger partial charge in [-0.05, 0) is 26.2 Å². The molecule has 0 fully saturated rings. The highest BCUT2D eigenvalue weighted by atomic mass is 35.5. The highest BCUT2D eigenvalue weighted by molar-refractivity contribution is 6.32. The van der Waals surface area contributed by atoms with Gasteiger partial charge in [0.1, 0.15) is 16.5 Å². The molecule has 0 aliphatic carbocycles. The van der Waals surface area contributed by atoms with E-state index >= 15 is 0 Å². The minimum Gasteiger partial charge on any atom is -0.494 e. The number of aryl methyl sites for hydroxylation is 1. The number of methoxy groups -OCH3 is 1. The Morgan fingerprint density at radius 1 is 1.16 bits per heavy atom. The maximum atomic E-state index is 13.0. The summed E-state index contributed by atoms with van der Waals surface area (Å²) >= 11 is 6.40. The Labute approximate surface area is 217 Å². The summed E-state index contributed by atoms with van der Waals surface area (Å²) in [5.41, 5.74) is 1.60. The van der Waals surface area contributed by atoms with Crippen LogP contribution in [0, 0.1) is 10.1 Å². The molecule has 4 rings (SSSR count). The van der Waals surface area contributed by atoms with Crippen LogP contribution in [0.1, 0.15) is 0 Å². The number of ether oxygens (including phenoxy) is 1. The molecule has 0 amide bonds. The lowest BCUT2D eigenvalue weighted by atomic mass is 10.2. The molecule has 2 aromatic carbocycles. The number of aromatic nitrogens is 4. The minimum absolute atomic E-state index is 0.0838. The van der Waals surface area contributed by atoms with Crippen LogP contribution < -0.4 is 20.6 Å². The van der Waals surface area contributed by atoms with Crippen molar-refractivity contribution in [1.29, 1.82) is 0 Å². The zero-order valence-corrected chi connectivity index (χ0v) is 21.9. The monoisotopic (exact) mass is 526 g/mol. The summed E-state index contributed by atoms with van der Waals surface area (Å²) in [7, 11) is 8.79. The number of para-hydroxylation sites is 2. The van der Waals surface area contributed by atoms with Crippen molar-refractivity contribution in [3.05, 3.63) is 68.2 Å². The van der Waals surface area contributed by atoms with Crippen LogP contribution in [0.25, 0.3) is 16.9 Å². The van der Waals surface area contributed by atoms with E-state index in [0.717, 1.165) is 0 Å². The highest BCUT2D eigenvalue weighted by Gasteiger charge is 2.23. The molecule has 0 spiro atoms. The van der Waals surface area contributed by atoms with E-state index < -0.39 is 4.92 Å². The Kier molecular flexibility index (Phi) is 7.32. The quantitative estimate of drug-likeness (QED) is 0.258. The Morgan fingerprint density at radius 2 is 1.86 bits per heavy atom. The third-order valence-electron chi connectivity index (χ3n) is 5.93. The van der Waals surface area contributed by atoms with Gasteiger partial charge >= 0.3 is 5.69 Å². The molecule has 0 aliphatic heterocycles. The second-order valence-corrected chi connectivity index (χ2v) is 9.09. The Bertz CT molecular complexity index is 1530. The van der Waals surface area contributed by atoms with Crippen LogP contribution in [-0.2, 0) is 7.05 Å². The number of fused-ring (bicyclic) bond motifs is 1. The molecule has 2 heterocycles. The van der Waals surface area contributed by atoms with Gasteiger partial charge in [0, 0.05) is 39.3 Å².